The van der Waals surface area contributed by atoms with Crippen LogP contribution in [0.25, 0.3) is 0 Å². The van der Waals surface area contributed by atoms with Gasteiger partial charge in [0.15, 0.2) is 0 Å². The van der Waals surface area contributed by atoms with Crippen molar-refractivity contribution in [2.24, 2.45) is 5.73 Å². The van der Waals surface area contributed by atoms with Crippen LogP contribution in [0.3, 0.4) is 0 Å². The molecule has 0 aliphatic heterocycles. The van der Waals surface area contributed by atoms with Gasteiger partial charge in [0.05, 0.1) is 10.7 Å². The van der Waals surface area contributed by atoms with Crippen molar-refractivity contribution >= 4 is 17.4 Å². The molecule has 2 rings (SSSR count). The van der Waals surface area contributed by atoms with Gasteiger partial charge in [-0.15, -0.1) is 0 Å². The second kappa shape index (κ2) is 6.50. The Kier molecular flexibility index (Phi) is 4.71. The van der Waals surface area contributed by atoms with Crippen molar-refractivity contribution in [1.82, 2.24) is 9.97 Å². The van der Waals surface area contributed by atoms with Crippen LogP contribution in [0.1, 0.15) is 11.4 Å². The molecular weight excluding hydrogens is 260 g/mol. The van der Waals surface area contributed by atoms with Gasteiger partial charge in [-0.2, -0.15) is 0 Å². The zero-order chi connectivity index (χ0) is 13.7. The fourth-order valence-corrected chi connectivity index (χ4v) is 1.95. The average molecular weight is 277 g/mol. The molecule has 0 aliphatic carbocycles. The maximum Gasteiger partial charge on any atom is 0.128 e. The normalized spacial score (nSPS) is 10.5. The Balaban J connectivity index is 2.02. The molecule has 2 heterocycles. The van der Waals surface area contributed by atoms with Crippen LogP contribution in [0, 0.1) is 0 Å². The lowest BCUT2D eigenvalue weighted by Crippen LogP contribution is -2.22. The minimum atomic E-state index is 0.348. The number of likely N-dealkylation sites (N-methyl/N-ethyl adjacent to an activating group) is 1. The summed E-state index contributed by atoms with van der Waals surface area (Å²) in [5.74, 6) is 0.876. The third kappa shape index (κ3) is 3.66. The number of anilines is 1. The minimum Gasteiger partial charge on any atom is -0.359 e. The summed E-state index contributed by atoms with van der Waals surface area (Å²) >= 11 is 6.00. The highest BCUT2D eigenvalue weighted by molar-refractivity contribution is 6.31. The van der Waals surface area contributed by atoms with Crippen molar-refractivity contribution in [2.75, 3.05) is 18.5 Å². The van der Waals surface area contributed by atoms with Gasteiger partial charge >= 0.3 is 0 Å². The van der Waals surface area contributed by atoms with E-state index in [0.29, 0.717) is 11.6 Å². The van der Waals surface area contributed by atoms with Gasteiger partial charge in [0.25, 0.3) is 0 Å². The fraction of sp³-hybridized carbons (Fsp3) is 0.286. The standard InChI is InChI=1S/C14H17ClN4/c1-19(9-7-11-4-2-3-8-17-11)14-6-5-12(15)13(10-16)18-14/h2-6,8H,7,9-10,16H2,1H3. The SMILES string of the molecule is CN(CCc1ccccn1)c1ccc(Cl)c(CN)n1. The maximum absolute atomic E-state index is 6.00. The lowest BCUT2D eigenvalue weighted by molar-refractivity contribution is 0.831. The summed E-state index contributed by atoms with van der Waals surface area (Å²) in [4.78, 5) is 10.8. The predicted octanol–water partition coefficient (Wildman–Crippen LogP) is 2.27. The molecule has 5 heteroatoms. The highest BCUT2D eigenvalue weighted by atomic mass is 35.5. The summed E-state index contributed by atoms with van der Waals surface area (Å²) in [6, 6.07) is 9.68. The average Bonchev–Trinajstić information content (AvgIpc) is 2.46. The van der Waals surface area contributed by atoms with Crippen LogP contribution >= 0.6 is 11.6 Å². The summed E-state index contributed by atoms with van der Waals surface area (Å²) in [5, 5.41) is 0.615. The molecule has 0 atom stereocenters. The van der Waals surface area contributed by atoms with Crippen LogP contribution in [0.5, 0.6) is 0 Å². The van der Waals surface area contributed by atoms with Gasteiger partial charge < -0.3 is 10.6 Å². The molecule has 0 aromatic carbocycles. The quantitative estimate of drug-likeness (QED) is 0.910. The van der Waals surface area contributed by atoms with E-state index in [2.05, 4.69) is 14.9 Å². The van der Waals surface area contributed by atoms with E-state index in [1.165, 1.54) is 0 Å². The van der Waals surface area contributed by atoms with Crippen LogP contribution in [0.15, 0.2) is 36.5 Å². The first-order valence-corrected chi connectivity index (χ1v) is 6.55. The molecule has 0 saturated heterocycles. The summed E-state index contributed by atoms with van der Waals surface area (Å²) in [5.41, 5.74) is 7.41. The number of nitrogens with two attached hydrogens (primary N) is 1. The van der Waals surface area contributed by atoms with Crippen molar-refractivity contribution in [3.63, 3.8) is 0 Å². The number of hydrogen-bond donors (Lipinski definition) is 1. The molecule has 2 N–H and O–H groups in total. The van der Waals surface area contributed by atoms with E-state index in [1.807, 2.05) is 43.6 Å². The van der Waals surface area contributed by atoms with Gasteiger partial charge in [-0.1, -0.05) is 17.7 Å². The number of pyridine rings is 2. The van der Waals surface area contributed by atoms with Crippen LogP contribution < -0.4 is 10.6 Å². The molecule has 100 valence electrons. The van der Waals surface area contributed by atoms with E-state index in [0.717, 1.165) is 30.2 Å². The molecular formula is C14H17ClN4. The topological polar surface area (TPSA) is 55.0 Å². The molecule has 19 heavy (non-hydrogen) atoms. The zero-order valence-electron chi connectivity index (χ0n) is 10.9. The Morgan fingerprint density at radius 2 is 2.11 bits per heavy atom. The molecule has 2 aromatic heterocycles. The Morgan fingerprint density at radius 3 is 2.79 bits per heavy atom. The first kappa shape index (κ1) is 13.8. The Hall–Kier alpha value is -1.65. The lowest BCUT2D eigenvalue weighted by Gasteiger charge is -2.18. The van der Waals surface area contributed by atoms with E-state index < -0.39 is 0 Å². The predicted molar refractivity (Wildman–Crippen MR) is 78.3 cm³/mol. The first-order chi connectivity index (χ1) is 9.20. The Morgan fingerprint density at radius 1 is 1.26 bits per heavy atom. The summed E-state index contributed by atoms with van der Waals surface area (Å²) in [7, 11) is 2.00. The molecule has 0 spiro atoms. The highest BCUT2D eigenvalue weighted by Gasteiger charge is 2.06. The summed E-state index contributed by atoms with van der Waals surface area (Å²) in [6.45, 7) is 1.19. The Bertz CT molecular complexity index is 530. The molecule has 0 amide bonds. The van der Waals surface area contributed by atoms with Crippen molar-refractivity contribution in [3.05, 3.63) is 52.9 Å². The fourth-order valence-electron chi connectivity index (χ4n) is 1.77. The van der Waals surface area contributed by atoms with Crippen LogP contribution in [-0.2, 0) is 13.0 Å². The number of rotatable bonds is 5. The number of aromatic nitrogens is 2. The van der Waals surface area contributed by atoms with Gasteiger partial charge in [0.2, 0.25) is 0 Å². The van der Waals surface area contributed by atoms with Gasteiger partial charge in [0, 0.05) is 38.4 Å². The maximum atomic E-state index is 6.00. The van der Waals surface area contributed by atoms with E-state index in [-0.39, 0.29) is 0 Å². The monoisotopic (exact) mass is 276 g/mol. The number of nitrogens with zero attached hydrogens (tertiary/aromatic N) is 3. The van der Waals surface area contributed by atoms with E-state index in [1.54, 1.807) is 0 Å². The van der Waals surface area contributed by atoms with Crippen molar-refractivity contribution in [2.45, 2.75) is 13.0 Å². The largest absolute Gasteiger partial charge is 0.359 e. The second-order valence-corrected chi connectivity index (χ2v) is 4.70. The lowest BCUT2D eigenvalue weighted by atomic mass is 10.2. The molecule has 0 fully saturated rings. The van der Waals surface area contributed by atoms with E-state index in [9.17, 15) is 0 Å². The minimum absolute atomic E-state index is 0.348. The zero-order valence-corrected chi connectivity index (χ0v) is 11.6. The first-order valence-electron chi connectivity index (χ1n) is 6.17. The van der Waals surface area contributed by atoms with Crippen molar-refractivity contribution < 1.29 is 0 Å². The molecule has 0 radical (unpaired) electrons. The van der Waals surface area contributed by atoms with Crippen LogP contribution in [0.4, 0.5) is 5.82 Å². The number of halogens is 1. The van der Waals surface area contributed by atoms with E-state index in [4.69, 9.17) is 17.3 Å². The molecule has 2 aromatic rings. The van der Waals surface area contributed by atoms with Crippen molar-refractivity contribution in [1.29, 1.82) is 0 Å². The third-order valence-corrected chi connectivity index (χ3v) is 3.26. The summed E-state index contributed by atoms with van der Waals surface area (Å²) < 4.78 is 0. The van der Waals surface area contributed by atoms with Crippen LogP contribution in [0.2, 0.25) is 5.02 Å². The molecule has 4 nitrogen and oxygen atoms in total. The van der Waals surface area contributed by atoms with Gasteiger partial charge in [0.1, 0.15) is 5.82 Å². The van der Waals surface area contributed by atoms with Crippen molar-refractivity contribution in [3.8, 4) is 0 Å². The van der Waals surface area contributed by atoms with E-state index >= 15 is 0 Å². The van der Waals surface area contributed by atoms with Crippen LogP contribution in [-0.4, -0.2) is 23.6 Å². The Labute approximate surface area is 118 Å². The third-order valence-electron chi connectivity index (χ3n) is 2.92. The summed E-state index contributed by atoms with van der Waals surface area (Å²) in [6.07, 6.45) is 2.68. The molecule has 0 aliphatic rings. The molecule has 0 bridgehead atoms. The van der Waals surface area contributed by atoms with Gasteiger partial charge in [-0.05, 0) is 24.3 Å². The van der Waals surface area contributed by atoms with Gasteiger partial charge in [-0.25, -0.2) is 4.98 Å². The molecule has 0 saturated carbocycles. The van der Waals surface area contributed by atoms with Gasteiger partial charge in [-0.3, -0.25) is 4.98 Å². The second-order valence-electron chi connectivity index (χ2n) is 4.29. The smallest absolute Gasteiger partial charge is 0.128 e. The highest BCUT2D eigenvalue weighted by Crippen LogP contribution is 2.18. The number of hydrogen-bond acceptors (Lipinski definition) is 4. The molecule has 0 unspecified atom stereocenters.